The summed E-state index contributed by atoms with van der Waals surface area (Å²) in [6.07, 6.45) is 4.64. The quantitative estimate of drug-likeness (QED) is 0.152. The van der Waals surface area contributed by atoms with Crippen molar-refractivity contribution in [1.29, 1.82) is 0 Å². The molecule has 0 radical (unpaired) electrons. The van der Waals surface area contributed by atoms with Crippen LogP contribution in [0.15, 0.2) is 21.5 Å². The van der Waals surface area contributed by atoms with Crippen molar-refractivity contribution in [2.24, 2.45) is 0 Å². The summed E-state index contributed by atoms with van der Waals surface area (Å²) in [5.41, 5.74) is 0.793. The number of hydrogen-bond acceptors (Lipinski definition) is 7. The highest BCUT2D eigenvalue weighted by Crippen LogP contribution is 2.39. The number of thiocarbonyl (C=S) groups is 1. The first-order valence-electron chi connectivity index (χ1n) is 10.4. The highest BCUT2D eigenvalue weighted by molar-refractivity contribution is 9.10. The van der Waals surface area contributed by atoms with Crippen LogP contribution >= 0.6 is 39.9 Å². The third kappa shape index (κ3) is 7.50. The highest BCUT2D eigenvalue weighted by atomic mass is 79.9. The molecule has 1 amide bonds. The maximum absolute atomic E-state index is 12.8. The zero-order chi connectivity index (χ0) is 22.8. The van der Waals surface area contributed by atoms with Crippen LogP contribution in [0.1, 0.15) is 52.0 Å². The maximum atomic E-state index is 12.8. The van der Waals surface area contributed by atoms with Gasteiger partial charge in [-0.2, -0.15) is 0 Å². The van der Waals surface area contributed by atoms with Gasteiger partial charge in [0.2, 0.25) is 0 Å². The Morgan fingerprint density at radius 2 is 1.97 bits per heavy atom. The van der Waals surface area contributed by atoms with E-state index >= 15 is 0 Å². The molecule has 1 fully saturated rings. The number of amides is 1. The lowest BCUT2D eigenvalue weighted by atomic mass is 10.1. The van der Waals surface area contributed by atoms with E-state index in [0.717, 1.165) is 29.3 Å². The third-order valence-electron chi connectivity index (χ3n) is 4.25. The second-order valence-electron chi connectivity index (χ2n) is 6.77. The Balaban J connectivity index is 2.15. The number of thioether (sulfide) groups is 1. The van der Waals surface area contributed by atoms with Gasteiger partial charge < -0.3 is 14.2 Å². The predicted octanol–water partition coefficient (Wildman–Crippen LogP) is 5.57. The van der Waals surface area contributed by atoms with Crippen LogP contribution in [0.3, 0.4) is 0 Å². The Hall–Kier alpha value is -1.58. The molecule has 1 aromatic rings. The van der Waals surface area contributed by atoms with Gasteiger partial charge in [0.15, 0.2) is 11.5 Å². The first kappa shape index (κ1) is 25.7. The molecule has 1 aliphatic heterocycles. The Bertz CT molecular complexity index is 843. The molecule has 170 valence electrons. The molecule has 0 atom stereocenters. The van der Waals surface area contributed by atoms with Crippen LogP contribution in [0.5, 0.6) is 11.5 Å². The zero-order valence-corrected chi connectivity index (χ0v) is 21.3. The summed E-state index contributed by atoms with van der Waals surface area (Å²) in [4.78, 5) is 26.5. The topological polar surface area (TPSA) is 65.1 Å². The number of nitrogens with zero attached hydrogens (tertiary/aromatic N) is 1. The lowest BCUT2D eigenvalue weighted by molar-refractivity contribution is -0.143. The summed E-state index contributed by atoms with van der Waals surface area (Å²) in [6.45, 7) is 7.64. The standard InChI is InChI=1S/C22H28BrNO5S2/c1-4-7-11-29-20-16(23)12-15(13-17(20)27-6-3)14-18-21(26)24(22(30)31-18)9-8-19(25)28-10-5-2/h12-14H,4-11H2,1-3H3/b18-14-. The summed E-state index contributed by atoms with van der Waals surface area (Å²) < 4.78 is 17.9. The zero-order valence-electron chi connectivity index (χ0n) is 18.1. The van der Waals surface area contributed by atoms with Crippen molar-refractivity contribution in [3.05, 3.63) is 27.1 Å². The Morgan fingerprint density at radius 1 is 1.19 bits per heavy atom. The van der Waals surface area contributed by atoms with Gasteiger partial charge in [0, 0.05) is 6.54 Å². The first-order chi connectivity index (χ1) is 14.9. The summed E-state index contributed by atoms with van der Waals surface area (Å²) in [5.74, 6) is 0.735. The fraction of sp³-hybridized carbons (Fsp3) is 0.500. The molecular weight excluding hydrogens is 502 g/mol. The molecule has 31 heavy (non-hydrogen) atoms. The molecule has 0 N–H and O–H groups in total. The minimum atomic E-state index is -0.330. The van der Waals surface area contributed by atoms with Crippen LogP contribution in [-0.2, 0) is 14.3 Å². The minimum absolute atomic E-state index is 0.115. The van der Waals surface area contributed by atoms with Crippen LogP contribution in [-0.4, -0.2) is 47.5 Å². The van der Waals surface area contributed by atoms with Crippen LogP contribution in [0.4, 0.5) is 0 Å². The van der Waals surface area contributed by atoms with E-state index in [0.29, 0.717) is 40.5 Å². The van der Waals surface area contributed by atoms with Crippen molar-refractivity contribution >= 4 is 62.2 Å². The normalized spacial score (nSPS) is 15.0. The van der Waals surface area contributed by atoms with Gasteiger partial charge in [-0.05, 0) is 59.5 Å². The number of halogens is 1. The van der Waals surface area contributed by atoms with Crippen LogP contribution in [0, 0.1) is 0 Å². The van der Waals surface area contributed by atoms with Crippen LogP contribution < -0.4 is 9.47 Å². The second kappa shape index (κ2) is 13.1. The number of esters is 1. The molecule has 6 nitrogen and oxygen atoms in total. The summed E-state index contributed by atoms with van der Waals surface area (Å²) in [7, 11) is 0. The summed E-state index contributed by atoms with van der Waals surface area (Å²) in [5, 5.41) is 0. The maximum Gasteiger partial charge on any atom is 0.307 e. The van der Waals surface area contributed by atoms with Crippen molar-refractivity contribution in [2.45, 2.75) is 46.5 Å². The molecule has 0 spiro atoms. The Labute approximate surface area is 201 Å². The van der Waals surface area contributed by atoms with Crippen molar-refractivity contribution in [3.8, 4) is 11.5 Å². The lowest BCUT2D eigenvalue weighted by Crippen LogP contribution is -2.30. The molecule has 2 rings (SSSR count). The molecule has 1 saturated heterocycles. The number of ether oxygens (including phenoxy) is 3. The molecule has 0 aromatic heterocycles. The summed E-state index contributed by atoms with van der Waals surface area (Å²) >= 11 is 10.1. The fourth-order valence-electron chi connectivity index (χ4n) is 2.73. The van der Waals surface area contributed by atoms with Gasteiger partial charge in [-0.3, -0.25) is 14.5 Å². The number of rotatable bonds is 12. The molecule has 0 aliphatic carbocycles. The van der Waals surface area contributed by atoms with E-state index in [9.17, 15) is 9.59 Å². The number of carbonyl (C=O) groups excluding carboxylic acids is 2. The molecule has 1 aromatic carbocycles. The van der Waals surface area contributed by atoms with E-state index < -0.39 is 0 Å². The SMILES string of the molecule is CCCCOc1c(Br)cc(/C=C2\SC(=S)N(CCC(=O)OCCC)C2=O)cc1OCC. The predicted molar refractivity (Wildman–Crippen MR) is 131 cm³/mol. The summed E-state index contributed by atoms with van der Waals surface area (Å²) in [6, 6.07) is 3.74. The van der Waals surface area contributed by atoms with E-state index in [2.05, 4.69) is 22.9 Å². The van der Waals surface area contributed by atoms with E-state index in [1.807, 2.05) is 26.0 Å². The highest BCUT2D eigenvalue weighted by Gasteiger charge is 2.32. The van der Waals surface area contributed by atoms with Gasteiger partial charge >= 0.3 is 5.97 Å². The third-order valence-corrected chi connectivity index (χ3v) is 6.22. The van der Waals surface area contributed by atoms with Gasteiger partial charge in [0.05, 0.1) is 35.6 Å². The van der Waals surface area contributed by atoms with Crippen molar-refractivity contribution in [1.82, 2.24) is 4.90 Å². The molecule has 0 unspecified atom stereocenters. The van der Waals surface area contributed by atoms with Gasteiger partial charge in [-0.1, -0.05) is 44.2 Å². The van der Waals surface area contributed by atoms with Gasteiger partial charge in [-0.25, -0.2) is 0 Å². The molecular formula is C22H28BrNO5S2. The lowest BCUT2D eigenvalue weighted by Gasteiger charge is -2.15. The van der Waals surface area contributed by atoms with E-state index in [1.54, 1.807) is 6.08 Å². The minimum Gasteiger partial charge on any atom is -0.490 e. The fourth-order valence-corrected chi connectivity index (χ4v) is 4.61. The molecule has 9 heteroatoms. The number of carbonyl (C=O) groups is 2. The van der Waals surface area contributed by atoms with Crippen LogP contribution in [0.2, 0.25) is 0 Å². The van der Waals surface area contributed by atoms with Crippen molar-refractivity contribution < 1.29 is 23.8 Å². The average molecular weight is 531 g/mol. The molecule has 0 bridgehead atoms. The van der Waals surface area contributed by atoms with Crippen molar-refractivity contribution in [2.75, 3.05) is 26.4 Å². The number of hydrogen-bond donors (Lipinski definition) is 0. The van der Waals surface area contributed by atoms with Crippen molar-refractivity contribution in [3.63, 3.8) is 0 Å². The molecule has 0 saturated carbocycles. The van der Waals surface area contributed by atoms with Crippen LogP contribution in [0.25, 0.3) is 6.08 Å². The van der Waals surface area contributed by atoms with Gasteiger partial charge in [0.1, 0.15) is 4.32 Å². The molecule has 1 aliphatic rings. The number of benzene rings is 1. The van der Waals surface area contributed by atoms with E-state index in [-0.39, 0.29) is 24.8 Å². The smallest absolute Gasteiger partial charge is 0.307 e. The van der Waals surface area contributed by atoms with E-state index in [1.165, 1.54) is 16.7 Å². The molecule has 1 heterocycles. The average Bonchev–Trinajstić information content (AvgIpc) is 2.99. The van der Waals surface area contributed by atoms with Gasteiger partial charge in [-0.15, -0.1) is 0 Å². The van der Waals surface area contributed by atoms with E-state index in [4.69, 9.17) is 26.4 Å². The Kier molecular flexibility index (Phi) is 10.8. The van der Waals surface area contributed by atoms with Gasteiger partial charge in [0.25, 0.3) is 5.91 Å². The largest absolute Gasteiger partial charge is 0.490 e. The monoisotopic (exact) mass is 529 g/mol. The second-order valence-corrected chi connectivity index (χ2v) is 9.30. The Morgan fingerprint density at radius 3 is 2.65 bits per heavy atom. The number of unbranched alkanes of at least 4 members (excludes halogenated alkanes) is 1. The first-order valence-corrected chi connectivity index (χ1v) is 12.4.